The van der Waals surface area contributed by atoms with Crippen molar-refractivity contribution in [3.05, 3.63) is 65.8 Å². The monoisotopic (exact) mass is 425 g/mol. The first kappa shape index (κ1) is 21.2. The number of aliphatic hydroxyl groups excluding tert-OH is 1. The van der Waals surface area contributed by atoms with E-state index in [1.54, 1.807) is 29.1 Å². The molecule has 0 radical (unpaired) electrons. The van der Waals surface area contributed by atoms with Crippen molar-refractivity contribution in [3.8, 4) is 0 Å². The van der Waals surface area contributed by atoms with E-state index in [1.165, 1.54) is 6.07 Å². The Balaban J connectivity index is 1.46. The van der Waals surface area contributed by atoms with Gasteiger partial charge in [0.05, 0.1) is 5.69 Å². The number of imidazole rings is 1. The van der Waals surface area contributed by atoms with Gasteiger partial charge in [0, 0.05) is 89.8 Å². The van der Waals surface area contributed by atoms with Gasteiger partial charge in [0.1, 0.15) is 17.7 Å². The highest BCUT2D eigenvalue weighted by molar-refractivity contribution is 5.57. The quantitative estimate of drug-likeness (QED) is 0.646. The first-order valence-electron chi connectivity index (χ1n) is 10.3. The Bertz CT molecular complexity index is 1010. The number of halogens is 1. The maximum atomic E-state index is 14.9. The second kappa shape index (κ2) is 8.99. The number of aromatic nitrogens is 4. The number of hydrogen-bond donors (Lipinski definition) is 1. The molecule has 2 aromatic heterocycles. The minimum atomic E-state index is -0.990. The Kier molecular flexibility index (Phi) is 6.15. The average molecular weight is 426 g/mol. The zero-order valence-electron chi connectivity index (χ0n) is 18.1. The fourth-order valence-corrected chi connectivity index (χ4v) is 3.91. The number of para-hydroxylation sites is 1. The third-order valence-corrected chi connectivity index (χ3v) is 5.60. The van der Waals surface area contributed by atoms with Crippen LogP contribution in [0.2, 0.25) is 0 Å². The van der Waals surface area contributed by atoms with Gasteiger partial charge in [-0.3, -0.25) is 4.90 Å². The summed E-state index contributed by atoms with van der Waals surface area (Å²) in [6.07, 6.45) is 6.12. The standard InChI is InChI=1S/C22H28FN7O/c1-27(2)22-25-13-16(14-26-22)15-29-9-11-30(12-10-29)19-17(5-4-6-18(19)23)20(31)21-24-7-8-28(21)3/h4-8,13-14,20,31H,9-12,15H2,1-3H3. The topological polar surface area (TPSA) is 73.6 Å². The van der Waals surface area contributed by atoms with Crippen LogP contribution in [0.25, 0.3) is 0 Å². The predicted octanol–water partition coefficient (Wildman–Crippen LogP) is 1.82. The average Bonchev–Trinajstić information content (AvgIpc) is 3.20. The minimum absolute atomic E-state index is 0.327. The molecule has 0 saturated carbocycles. The molecule has 1 aromatic carbocycles. The van der Waals surface area contributed by atoms with Gasteiger partial charge in [-0.15, -0.1) is 0 Å². The van der Waals surface area contributed by atoms with E-state index in [2.05, 4.69) is 19.9 Å². The molecule has 1 saturated heterocycles. The van der Waals surface area contributed by atoms with Crippen molar-refractivity contribution in [2.75, 3.05) is 50.1 Å². The van der Waals surface area contributed by atoms with Crippen LogP contribution in [0.1, 0.15) is 23.1 Å². The Morgan fingerprint density at radius 1 is 1.10 bits per heavy atom. The molecular formula is C22H28FN7O. The third-order valence-electron chi connectivity index (χ3n) is 5.60. The van der Waals surface area contributed by atoms with Crippen molar-refractivity contribution in [2.45, 2.75) is 12.6 Å². The Hall–Kier alpha value is -3.04. The largest absolute Gasteiger partial charge is 0.380 e. The fraction of sp³-hybridized carbons (Fsp3) is 0.409. The lowest BCUT2D eigenvalue weighted by Crippen LogP contribution is -2.46. The molecule has 1 N–H and O–H groups in total. The molecule has 1 aliphatic heterocycles. The molecule has 164 valence electrons. The molecule has 0 aliphatic carbocycles. The van der Waals surface area contributed by atoms with E-state index in [-0.39, 0.29) is 5.82 Å². The van der Waals surface area contributed by atoms with Crippen molar-refractivity contribution in [1.82, 2.24) is 24.4 Å². The lowest BCUT2D eigenvalue weighted by atomic mass is 10.0. The van der Waals surface area contributed by atoms with Crippen LogP contribution in [-0.2, 0) is 13.6 Å². The molecule has 3 aromatic rings. The first-order chi connectivity index (χ1) is 14.9. The van der Waals surface area contributed by atoms with Crippen molar-refractivity contribution < 1.29 is 9.50 Å². The molecule has 1 unspecified atom stereocenters. The molecule has 1 atom stereocenters. The third kappa shape index (κ3) is 4.52. The maximum absolute atomic E-state index is 14.9. The van der Waals surface area contributed by atoms with Crippen molar-refractivity contribution in [1.29, 1.82) is 0 Å². The van der Waals surface area contributed by atoms with Crippen LogP contribution in [0, 0.1) is 5.82 Å². The fourth-order valence-electron chi connectivity index (χ4n) is 3.91. The van der Waals surface area contributed by atoms with E-state index in [4.69, 9.17) is 0 Å². The molecule has 0 spiro atoms. The van der Waals surface area contributed by atoms with Crippen LogP contribution in [0.4, 0.5) is 16.0 Å². The van der Waals surface area contributed by atoms with Crippen molar-refractivity contribution in [3.63, 3.8) is 0 Å². The van der Waals surface area contributed by atoms with Crippen LogP contribution in [-0.4, -0.2) is 69.8 Å². The molecule has 0 bridgehead atoms. The van der Waals surface area contributed by atoms with Crippen molar-refractivity contribution in [2.24, 2.45) is 7.05 Å². The molecule has 1 aliphatic rings. The van der Waals surface area contributed by atoms with E-state index in [1.807, 2.05) is 43.3 Å². The number of nitrogens with zero attached hydrogens (tertiary/aromatic N) is 7. The number of benzene rings is 1. The van der Waals surface area contributed by atoms with Gasteiger partial charge in [-0.05, 0) is 6.07 Å². The van der Waals surface area contributed by atoms with E-state index in [0.717, 1.165) is 25.2 Å². The summed E-state index contributed by atoms with van der Waals surface area (Å²) in [5.41, 5.74) is 2.04. The van der Waals surface area contributed by atoms with Crippen molar-refractivity contribution >= 4 is 11.6 Å². The Morgan fingerprint density at radius 3 is 2.42 bits per heavy atom. The van der Waals surface area contributed by atoms with E-state index in [0.29, 0.717) is 36.1 Å². The van der Waals surface area contributed by atoms with Gasteiger partial charge in [0.2, 0.25) is 5.95 Å². The van der Waals surface area contributed by atoms with Crippen LogP contribution in [0.5, 0.6) is 0 Å². The number of aryl methyl sites for hydroxylation is 1. The normalized spacial score (nSPS) is 15.8. The second-order valence-electron chi connectivity index (χ2n) is 8.03. The van der Waals surface area contributed by atoms with Gasteiger partial charge in [0.15, 0.2) is 0 Å². The number of rotatable bonds is 6. The molecule has 9 heteroatoms. The maximum Gasteiger partial charge on any atom is 0.224 e. The molecule has 4 rings (SSSR count). The highest BCUT2D eigenvalue weighted by Gasteiger charge is 2.26. The molecular weight excluding hydrogens is 397 g/mol. The van der Waals surface area contributed by atoms with E-state index < -0.39 is 6.10 Å². The lowest BCUT2D eigenvalue weighted by Gasteiger charge is -2.37. The Morgan fingerprint density at radius 2 is 1.81 bits per heavy atom. The summed E-state index contributed by atoms with van der Waals surface area (Å²) < 4.78 is 16.6. The lowest BCUT2D eigenvalue weighted by molar-refractivity contribution is 0.205. The highest BCUT2D eigenvalue weighted by atomic mass is 19.1. The van der Waals surface area contributed by atoms with Gasteiger partial charge in [-0.2, -0.15) is 0 Å². The SMILES string of the molecule is CN(C)c1ncc(CN2CCN(c3c(F)cccc3C(O)c3nccn3C)CC2)cn1. The summed E-state index contributed by atoms with van der Waals surface area (Å²) in [5, 5.41) is 10.9. The molecule has 31 heavy (non-hydrogen) atoms. The van der Waals surface area contributed by atoms with Crippen LogP contribution in [0.3, 0.4) is 0 Å². The van der Waals surface area contributed by atoms with Gasteiger partial charge in [0.25, 0.3) is 0 Å². The summed E-state index contributed by atoms with van der Waals surface area (Å²) >= 11 is 0. The van der Waals surface area contributed by atoms with Crippen LogP contribution in [0.15, 0.2) is 43.0 Å². The summed E-state index contributed by atoms with van der Waals surface area (Å²) in [4.78, 5) is 19.2. The minimum Gasteiger partial charge on any atom is -0.380 e. The van der Waals surface area contributed by atoms with Gasteiger partial charge < -0.3 is 19.5 Å². The second-order valence-corrected chi connectivity index (χ2v) is 8.03. The number of hydrogen-bond acceptors (Lipinski definition) is 7. The summed E-state index contributed by atoms with van der Waals surface area (Å²) in [6, 6.07) is 4.85. The van der Waals surface area contributed by atoms with Gasteiger partial charge >= 0.3 is 0 Å². The first-order valence-corrected chi connectivity index (χ1v) is 10.3. The van der Waals surface area contributed by atoms with E-state index in [9.17, 15) is 9.50 Å². The number of piperazine rings is 1. The number of anilines is 2. The van der Waals surface area contributed by atoms with Crippen LogP contribution < -0.4 is 9.80 Å². The van der Waals surface area contributed by atoms with Gasteiger partial charge in [-0.1, -0.05) is 12.1 Å². The zero-order valence-corrected chi connectivity index (χ0v) is 18.1. The van der Waals surface area contributed by atoms with E-state index >= 15 is 0 Å². The molecule has 3 heterocycles. The summed E-state index contributed by atoms with van der Waals surface area (Å²) in [6.45, 7) is 3.64. The predicted molar refractivity (Wildman–Crippen MR) is 118 cm³/mol. The summed E-state index contributed by atoms with van der Waals surface area (Å²) in [5.74, 6) is 0.852. The highest BCUT2D eigenvalue weighted by Crippen LogP contribution is 2.33. The Labute approximate surface area is 181 Å². The molecule has 0 amide bonds. The number of aliphatic hydroxyl groups is 1. The molecule has 8 nitrogen and oxygen atoms in total. The van der Waals surface area contributed by atoms with Crippen LogP contribution >= 0.6 is 0 Å². The zero-order chi connectivity index (χ0) is 22.0. The van der Waals surface area contributed by atoms with Gasteiger partial charge in [-0.25, -0.2) is 19.3 Å². The smallest absolute Gasteiger partial charge is 0.224 e. The summed E-state index contributed by atoms with van der Waals surface area (Å²) in [7, 11) is 5.64. The molecule has 1 fully saturated rings.